The Kier molecular flexibility index (Phi) is 10.2. The summed E-state index contributed by atoms with van der Waals surface area (Å²) in [5.41, 5.74) is 2.10. The third-order valence-corrected chi connectivity index (χ3v) is 7.11. The van der Waals surface area contributed by atoms with Crippen molar-refractivity contribution in [2.75, 3.05) is 26.5 Å². The molecule has 3 rings (SSSR count). The van der Waals surface area contributed by atoms with Crippen molar-refractivity contribution in [3.05, 3.63) is 114 Å². The SMILES string of the molecule is C=CCNC(=O)[C@@H](c1ccccc1)N(Cc1ccc(OC)cc1)C(=O)CN(Cc1ccccc1)S(C)(=O)=O. The van der Waals surface area contributed by atoms with Crippen molar-refractivity contribution in [2.24, 2.45) is 0 Å². The van der Waals surface area contributed by atoms with Gasteiger partial charge in [-0.05, 0) is 28.8 Å². The zero-order valence-electron chi connectivity index (χ0n) is 21.6. The van der Waals surface area contributed by atoms with Gasteiger partial charge in [0.25, 0.3) is 0 Å². The first-order chi connectivity index (χ1) is 18.2. The van der Waals surface area contributed by atoms with Gasteiger partial charge in [0, 0.05) is 19.6 Å². The van der Waals surface area contributed by atoms with E-state index in [0.29, 0.717) is 11.3 Å². The van der Waals surface area contributed by atoms with E-state index in [9.17, 15) is 18.0 Å². The van der Waals surface area contributed by atoms with Crippen LogP contribution in [-0.2, 0) is 32.7 Å². The smallest absolute Gasteiger partial charge is 0.247 e. The summed E-state index contributed by atoms with van der Waals surface area (Å²) < 4.78 is 31.7. The second-order valence-electron chi connectivity index (χ2n) is 8.73. The molecule has 1 atom stereocenters. The predicted octanol–water partition coefficient (Wildman–Crippen LogP) is 3.53. The number of hydrogen-bond acceptors (Lipinski definition) is 5. The van der Waals surface area contributed by atoms with Gasteiger partial charge in [-0.15, -0.1) is 6.58 Å². The fourth-order valence-corrected chi connectivity index (χ4v) is 4.68. The van der Waals surface area contributed by atoms with Gasteiger partial charge in [0.2, 0.25) is 21.8 Å². The summed E-state index contributed by atoms with van der Waals surface area (Å²) in [5, 5.41) is 2.79. The third kappa shape index (κ3) is 8.03. The minimum Gasteiger partial charge on any atom is -0.497 e. The average molecular weight is 536 g/mol. The number of benzene rings is 3. The van der Waals surface area contributed by atoms with Crippen LogP contribution in [0.2, 0.25) is 0 Å². The number of carbonyl (C=O) groups is 2. The molecular formula is C29H33N3O5S. The molecule has 0 heterocycles. The highest BCUT2D eigenvalue weighted by atomic mass is 32.2. The molecular weight excluding hydrogens is 502 g/mol. The molecule has 2 amide bonds. The highest BCUT2D eigenvalue weighted by Crippen LogP contribution is 2.25. The van der Waals surface area contributed by atoms with E-state index >= 15 is 0 Å². The van der Waals surface area contributed by atoms with Gasteiger partial charge in [-0.3, -0.25) is 9.59 Å². The van der Waals surface area contributed by atoms with Crippen molar-refractivity contribution in [3.8, 4) is 5.75 Å². The van der Waals surface area contributed by atoms with Crippen molar-refractivity contribution in [1.29, 1.82) is 0 Å². The first-order valence-corrected chi connectivity index (χ1v) is 13.9. The lowest BCUT2D eigenvalue weighted by Crippen LogP contribution is -2.47. The van der Waals surface area contributed by atoms with Crippen molar-refractivity contribution in [2.45, 2.75) is 19.1 Å². The van der Waals surface area contributed by atoms with Gasteiger partial charge in [-0.2, -0.15) is 4.31 Å². The number of amides is 2. The molecule has 0 radical (unpaired) electrons. The monoisotopic (exact) mass is 535 g/mol. The van der Waals surface area contributed by atoms with E-state index in [1.807, 2.05) is 24.3 Å². The van der Waals surface area contributed by atoms with Crippen LogP contribution in [0.1, 0.15) is 22.7 Å². The molecule has 200 valence electrons. The van der Waals surface area contributed by atoms with E-state index < -0.39 is 34.4 Å². The Labute approximate surface area is 224 Å². The molecule has 1 N–H and O–H groups in total. The second-order valence-corrected chi connectivity index (χ2v) is 10.7. The van der Waals surface area contributed by atoms with Crippen LogP contribution in [0, 0.1) is 0 Å². The molecule has 0 bridgehead atoms. The number of nitrogens with zero attached hydrogens (tertiary/aromatic N) is 2. The molecule has 0 aliphatic carbocycles. The van der Waals surface area contributed by atoms with Crippen LogP contribution in [-0.4, -0.2) is 55.9 Å². The zero-order chi connectivity index (χ0) is 27.5. The Hall–Kier alpha value is -3.95. The maximum absolute atomic E-state index is 13.9. The van der Waals surface area contributed by atoms with Gasteiger partial charge < -0.3 is 15.0 Å². The molecule has 9 heteroatoms. The van der Waals surface area contributed by atoms with Gasteiger partial charge in [-0.1, -0.05) is 78.9 Å². The van der Waals surface area contributed by atoms with Crippen molar-refractivity contribution < 1.29 is 22.7 Å². The number of sulfonamides is 1. The molecule has 3 aromatic rings. The van der Waals surface area contributed by atoms with Gasteiger partial charge >= 0.3 is 0 Å². The Morgan fingerprint density at radius 3 is 2.05 bits per heavy atom. The van der Waals surface area contributed by atoms with Crippen molar-refractivity contribution in [1.82, 2.24) is 14.5 Å². The summed E-state index contributed by atoms with van der Waals surface area (Å²) in [6.07, 6.45) is 2.63. The summed E-state index contributed by atoms with van der Waals surface area (Å²) in [4.78, 5) is 28.7. The van der Waals surface area contributed by atoms with Crippen LogP contribution in [0.3, 0.4) is 0 Å². The molecule has 0 saturated carbocycles. The van der Waals surface area contributed by atoms with Crippen LogP contribution >= 0.6 is 0 Å². The van der Waals surface area contributed by atoms with Crippen LogP contribution in [0.25, 0.3) is 0 Å². The maximum atomic E-state index is 13.9. The molecule has 38 heavy (non-hydrogen) atoms. The molecule has 0 aromatic heterocycles. The lowest BCUT2D eigenvalue weighted by atomic mass is 10.0. The molecule has 3 aromatic carbocycles. The summed E-state index contributed by atoms with van der Waals surface area (Å²) in [6, 6.07) is 24.1. The Balaban J connectivity index is 2.01. The predicted molar refractivity (Wildman–Crippen MR) is 148 cm³/mol. The van der Waals surface area contributed by atoms with Crippen molar-refractivity contribution >= 4 is 21.8 Å². The summed E-state index contributed by atoms with van der Waals surface area (Å²) in [5.74, 6) is -0.252. The molecule has 0 spiro atoms. The average Bonchev–Trinajstić information content (AvgIpc) is 2.92. The van der Waals surface area contributed by atoms with Crippen LogP contribution in [0.15, 0.2) is 97.6 Å². The molecule has 0 fully saturated rings. The number of hydrogen-bond donors (Lipinski definition) is 1. The van der Waals surface area contributed by atoms with Gasteiger partial charge in [-0.25, -0.2) is 8.42 Å². The van der Waals surface area contributed by atoms with Crippen LogP contribution in [0.4, 0.5) is 0 Å². The van der Waals surface area contributed by atoms with Gasteiger partial charge in [0.05, 0.1) is 19.9 Å². The largest absolute Gasteiger partial charge is 0.497 e. The van der Waals surface area contributed by atoms with Crippen molar-refractivity contribution in [3.63, 3.8) is 0 Å². The fraction of sp³-hybridized carbons (Fsp3) is 0.241. The normalized spacial score (nSPS) is 12.0. The molecule has 0 unspecified atom stereocenters. The highest BCUT2D eigenvalue weighted by Gasteiger charge is 2.33. The number of methoxy groups -OCH3 is 1. The Bertz CT molecular complexity index is 1310. The fourth-order valence-electron chi connectivity index (χ4n) is 3.95. The number of rotatable bonds is 13. The summed E-state index contributed by atoms with van der Waals surface area (Å²) >= 11 is 0. The number of carbonyl (C=O) groups excluding carboxylic acids is 2. The topological polar surface area (TPSA) is 96.0 Å². The first kappa shape index (κ1) is 28.6. The first-order valence-electron chi connectivity index (χ1n) is 12.1. The Morgan fingerprint density at radius 2 is 1.50 bits per heavy atom. The molecule has 8 nitrogen and oxygen atoms in total. The zero-order valence-corrected chi connectivity index (χ0v) is 22.4. The standard InChI is InChI=1S/C29H33N3O5S/c1-4-19-30-29(34)28(25-13-9-6-10-14-25)32(21-24-15-17-26(37-2)18-16-24)27(33)22-31(38(3,35)36)20-23-11-7-5-8-12-23/h4-18,28H,1,19-22H2,2-3H3,(H,30,34)/t28-/m1/s1. The minimum atomic E-state index is -3.74. The lowest BCUT2D eigenvalue weighted by molar-refractivity contribution is -0.141. The second kappa shape index (κ2) is 13.6. The lowest BCUT2D eigenvalue weighted by Gasteiger charge is -2.33. The van der Waals surface area contributed by atoms with E-state index in [-0.39, 0.29) is 19.6 Å². The van der Waals surface area contributed by atoms with E-state index in [2.05, 4.69) is 11.9 Å². The quantitative estimate of drug-likeness (QED) is 0.338. The van der Waals surface area contributed by atoms with E-state index in [1.54, 1.807) is 73.8 Å². The summed E-state index contributed by atoms with van der Waals surface area (Å²) in [6.45, 7) is 3.55. The van der Waals surface area contributed by atoms with E-state index in [0.717, 1.165) is 21.7 Å². The van der Waals surface area contributed by atoms with Crippen LogP contribution in [0.5, 0.6) is 5.75 Å². The molecule has 0 saturated heterocycles. The number of nitrogens with one attached hydrogen (secondary N) is 1. The number of ether oxygens (including phenoxy) is 1. The van der Waals surface area contributed by atoms with Gasteiger partial charge in [0.15, 0.2) is 0 Å². The van der Waals surface area contributed by atoms with E-state index in [4.69, 9.17) is 4.74 Å². The third-order valence-electron chi connectivity index (χ3n) is 5.91. The van der Waals surface area contributed by atoms with Gasteiger partial charge in [0.1, 0.15) is 11.8 Å². The highest BCUT2D eigenvalue weighted by molar-refractivity contribution is 7.88. The minimum absolute atomic E-state index is 0.0282. The molecule has 0 aliphatic heterocycles. The van der Waals surface area contributed by atoms with E-state index in [1.165, 1.54) is 4.90 Å². The Morgan fingerprint density at radius 1 is 0.921 bits per heavy atom. The summed E-state index contributed by atoms with van der Waals surface area (Å²) in [7, 11) is -2.18. The maximum Gasteiger partial charge on any atom is 0.247 e. The molecule has 0 aliphatic rings. The van der Waals surface area contributed by atoms with Crippen LogP contribution < -0.4 is 10.1 Å².